The number of H-pyrrole nitrogens is 1. The van der Waals surface area contributed by atoms with Crippen molar-refractivity contribution in [2.24, 2.45) is 0 Å². The zero-order valence-corrected chi connectivity index (χ0v) is 11.1. The Morgan fingerprint density at radius 1 is 1.10 bits per heavy atom. The van der Waals surface area contributed by atoms with Crippen molar-refractivity contribution >= 4 is 11.6 Å². The normalized spacial score (nSPS) is 13.0. The molecule has 3 N–H and O–H groups in total. The van der Waals surface area contributed by atoms with E-state index in [1.807, 2.05) is 12.1 Å². The van der Waals surface area contributed by atoms with E-state index in [9.17, 15) is 14.4 Å². The summed E-state index contributed by atoms with van der Waals surface area (Å²) in [5.74, 6) is -0.414. The monoisotopic (exact) mass is 283 g/mol. The van der Waals surface area contributed by atoms with Crippen molar-refractivity contribution in [1.29, 1.82) is 0 Å². The van der Waals surface area contributed by atoms with E-state index in [-0.39, 0.29) is 5.56 Å². The average molecular weight is 283 g/mol. The third kappa shape index (κ3) is 2.31. The van der Waals surface area contributed by atoms with Gasteiger partial charge < -0.3 is 10.6 Å². The molecule has 21 heavy (non-hydrogen) atoms. The zero-order valence-electron chi connectivity index (χ0n) is 11.1. The molecule has 1 amide bonds. The zero-order chi connectivity index (χ0) is 15.0. The first-order chi connectivity index (χ1) is 10.1. The molecule has 0 radical (unpaired) electrons. The van der Waals surface area contributed by atoms with Crippen LogP contribution >= 0.6 is 0 Å². The number of hydrogen-bond donors (Lipinski definition) is 2. The van der Waals surface area contributed by atoms with Crippen molar-refractivity contribution in [2.75, 3.05) is 5.73 Å². The average Bonchev–Trinajstić information content (AvgIpc) is 2.81. The van der Waals surface area contributed by atoms with Crippen LogP contribution in [0.15, 0.2) is 46.0 Å². The van der Waals surface area contributed by atoms with E-state index in [1.54, 1.807) is 6.07 Å². The number of nitrogens with one attached hydrogen (secondary N) is 1. The standard InChI is InChI=1S/C15H13N3O3/c16-12-5-1-3-9-7-18(8-11(9)12)15(21)10-4-2-6-13(19)17-14(10)20/h1-6H,7-8,16H2,(H,17,19,20). The maximum absolute atomic E-state index is 12.5. The van der Waals surface area contributed by atoms with E-state index in [0.29, 0.717) is 18.8 Å². The summed E-state index contributed by atoms with van der Waals surface area (Å²) in [5, 5.41) is 0. The number of aromatic amines is 1. The predicted octanol–water partition coefficient (Wildman–Crippen LogP) is 0.473. The molecule has 0 atom stereocenters. The molecule has 0 saturated heterocycles. The molecule has 1 aliphatic heterocycles. The number of nitrogen functional groups attached to an aromatic ring is 1. The van der Waals surface area contributed by atoms with Crippen molar-refractivity contribution in [1.82, 2.24) is 9.88 Å². The van der Waals surface area contributed by atoms with Gasteiger partial charge in [0.25, 0.3) is 17.0 Å². The Hall–Kier alpha value is -2.89. The van der Waals surface area contributed by atoms with Crippen LogP contribution in [0.25, 0.3) is 0 Å². The molecule has 106 valence electrons. The number of aromatic nitrogens is 1. The van der Waals surface area contributed by atoms with Crippen LogP contribution in [0.1, 0.15) is 21.5 Å². The van der Waals surface area contributed by atoms with Crippen LogP contribution < -0.4 is 16.9 Å². The lowest BCUT2D eigenvalue weighted by atomic mass is 10.1. The van der Waals surface area contributed by atoms with Gasteiger partial charge in [0.15, 0.2) is 0 Å². The van der Waals surface area contributed by atoms with Crippen molar-refractivity contribution in [3.63, 3.8) is 0 Å². The summed E-state index contributed by atoms with van der Waals surface area (Å²) in [6.45, 7) is 0.768. The largest absolute Gasteiger partial charge is 0.398 e. The number of nitrogens with zero attached hydrogens (tertiary/aromatic N) is 1. The summed E-state index contributed by atoms with van der Waals surface area (Å²) in [7, 11) is 0. The minimum absolute atomic E-state index is 0.0523. The van der Waals surface area contributed by atoms with Crippen LogP contribution in [0.5, 0.6) is 0 Å². The fraction of sp³-hybridized carbons (Fsp3) is 0.133. The molecule has 0 saturated carbocycles. The van der Waals surface area contributed by atoms with E-state index in [1.165, 1.54) is 23.1 Å². The van der Waals surface area contributed by atoms with Crippen molar-refractivity contribution in [3.8, 4) is 0 Å². The van der Waals surface area contributed by atoms with Gasteiger partial charge in [0.2, 0.25) is 0 Å². The number of nitrogens with two attached hydrogens (primary N) is 1. The van der Waals surface area contributed by atoms with Crippen molar-refractivity contribution in [2.45, 2.75) is 13.1 Å². The molecule has 0 aliphatic carbocycles. The molecular formula is C15H13N3O3. The number of fused-ring (bicyclic) bond motifs is 1. The van der Waals surface area contributed by atoms with Gasteiger partial charge in [-0.2, -0.15) is 0 Å². The number of anilines is 1. The second-order valence-electron chi connectivity index (χ2n) is 4.90. The Morgan fingerprint density at radius 3 is 2.62 bits per heavy atom. The molecule has 0 unspecified atom stereocenters. The first kappa shape index (κ1) is 13.1. The first-order valence-corrected chi connectivity index (χ1v) is 6.45. The lowest BCUT2D eigenvalue weighted by molar-refractivity contribution is 0.0750. The SMILES string of the molecule is Nc1cccc2c1CN(C(=O)c1cccc(=O)[nH]c1=O)C2. The topological polar surface area (TPSA) is 96.3 Å². The molecule has 0 spiro atoms. The van der Waals surface area contributed by atoms with Gasteiger partial charge in [-0.15, -0.1) is 0 Å². The van der Waals surface area contributed by atoms with Gasteiger partial charge in [-0.05, 0) is 23.3 Å². The second-order valence-corrected chi connectivity index (χ2v) is 4.90. The summed E-state index contributed by atoms with van der Waals surface area (Å²) in [6.07, 6.45) is 0. The fourth-order valence-corrected chi connectivity index (χ4v) is 2.46. The molecule has 2 heterocycles. The summed E-state index contributed by atoms with van der Waals surface area (Å²) in [4.78, 5) is 39.2. The highest BCUT2D eigenvalue weighted by Crippen LogP contribution is 2.28. The molecule has 6 heteroatoms. The lowest BCUT2D eigenvalue weighted by Crippen LogP contribution is -2.31. The Bertz CT molecular complexity index is 842. The van der Waals surface area contributed by atoms with E-state index in [2.05, 4.69) is 4.98 Å². The van der Waals surface area contributed by atoms with Crippen molar-refractivity contribution < 1.29 is 4.79 Å². The van der Waals surface area contributed by atoms with Crippen LogP contribution in [-0.2, 0) is 13.1 Å². The van der Waals surface area contributed by atoms with Gasteiger partial charge >= 0.3 is 0 Å². The summed E-state index contributed by atoms with van der Waals surface area (Å²) >= 11 is 0. The van der Waals surface area contributed by atoms with Gasteiger partial charge in [0.05, 0.1) is 0 Å². The highest BCUT2D eigenvalue weighted by atomic mass is 16.2. The molecule has 0 bridgehead atoms. The quantitative estimate of drug-likeness (QED) is 0.744. The first-order valence-electron chi connectivity index (χ1n) is 6.45. The lowest BCUT2D eigenvalue weighted by Gasteiger charge is -2.14. The van der Waals surface area contributed by atoms with E-state index in [0.717, 1.165) is 11.1 Å². The molecule has 0 fully saturated rings. The molecule has 6 nitrogen and oxygen atoms in total. The molecular weight excluding hydrogens is 270 g/mol. The number of rotatable bonds is 1. The predicted molar refractivity (Wildman–Crippen MR) is 77.8 cm³/mol. The minimum Gasteiger partial charge on any atom is -0.398 e. The molecule has 1 aromatic carbocycles. The van der Waals surface area contributed by atoms with Crippen LogP contribution in [0.3, 0.4) is 0 Å². The van der Waals surface area contributed by atoms with E-state index in [4.69, 9.17) is 5.73 Å². The Labute approximate surface area is 119 Å². The summed E-state index contributed by atoms with van der Waals surface area (Å²) in [6, 6.07) is 9.48. The van der Waals surface area contributed by atoms with Crippen LogP contribution in [0.2, 0.25) is 0 Å². The molecule has 1 aliphatic rings. The van der Waals surface area contributed by atoms with Gasteiger partial charge in [-0.25, -0.2) is 0 Å². The number of amides is 1. The Kier molecular flexibility index (Phi) is 3.06. The number of hydrogen-bond acceptors (Lipinski definition) is 4. The smallest absolute Gasteiger partial charge is 0.263 e. The number of carbonyl (C=O) groups excluding carboxylic acids is 1. The fourth-order valence-electron chi connectivity index (χ4n) is 2.46. The van der Waals surface area contributed by atoms with E-state index < -0.39 is 17.0 Å². The van der Waals surface area contributed by atoms with Gasteiger partial charge in [0.1, 0.15) is 5.56 Å². The van der Waals surface area contributed by atoms with Crippen molar-refractivity contribution in [3.05, 3.63) is 73.8 Å². The van der Waals surface area contributed by atoms with Gasteiger partial charge in [0, 0.05) is 24.8 Å². The second kappa shape index (κ2) is 4.90. The molecule has 1 aromatic heterocycles. The van der Waals surface area contributed by atoms with Crippen LogP contribution in [0.4, 0.5) is 5.69 Å². The third-order valence-corrected chi connectivity index (χ3v) is 3.53. The van der Waals surface area contributed by atoms with Crippen LogP contribution in [-0.4, -0.2) is 15.8 Å². The highest BCUT2D eigenvalue weighted by molar-refractivity contribution is 5.94. The van der Waals surface area contributed by atoms with Gasteiger partial charge in [-0.3, -0.25) is 19.4 Å². The highest BCUT2D eigenvalue weighted by Gasteiger charge is 2.26. The number of benzene rings is 1. The maximum Gasteiger partial charge on any atom is 0.263 e. The minimum atomic E-state index is -0.682. The number of carbonyl (C=O) groups is 1. The summed E-state index contributed by atoms with van der Waals surface area (Å²) in [5.41, 5.74) is 7.15. The maximum atomic E-state index is 12.5. The van der Waals surface area contributed by atoms with Crippen LogP contribution in [0, 0.1) is 0 Å². The van der Waals surface area contributed by atoms with Gasteiger partial charge in [-0.1, -0.05) is 18.2 Å². The summed E-state index contributed by atoms with van der Waals surface area (Å²) < 4.78 is 0. The van der Waals surface area contributed by atoms with E-state index >= 15 is 0 Å². The Morgan fingerprint density at radius 2 is 1.86 bits per heavy atom. The molecule has 3 rings (SSSR count). The third-order valence-electron chi connectivity index (χ3n) is 3.53. The molecule has 2 aromatic rings. The Balaban J connectivity index is 1.96.